The van der Waals surface area contributed by atoms with Gasteiger partial charge in [-0.25, -0.2) is 0 Å². The van der Waals surface area contributed by atoms with E-state index in [1.54, 1.807) is 0 Å². The van der Waals surface area contributed by atoms with Gasteiger partial charge >= 0.3 is 11.9 Å². The first-order chi connectivity index (χ1) is 12.2. The Morgan fingerprint density at radius 1 is 0.720 bits per heavy atom. The predicted molar refractivity (Wildman–Crippen MR) is 93.3 cm³/mol. The second kappa shape index (κ2) is 8.47. The first-order valence-corrected chi connectivity index (χ1v) is 8.63. The zero-order valence-corrected chi connectivity index (χ0v) is 14.1. The van der Waals surface area contributed by atoms with E-state index in [1.165, 1.54) is 0 Å². The third-order valence-corrected chi connectivity index (χ3v) is 4.55. The molecule has 1 aliphatic carbocycles. The molecule has 0 radical (unpaired) electrons. The molecule has 0 amide bonds. The zero-order chi connectivity index (χ0) is 17.5. The van der Waals surface area contributed by atoms with Crippen molar-refractivity contribution in [3.63, 3.8) is 0 Å². The van der Waals surface area contributed by atoms with Gasteiger partial charge in [-0.1, -0.05) is 60.7 Å². The highest BCUT2D eigenvalue weighted by Gasteiger charge is 2.35. The van der Waals surface area contributed by atoms with E-state index in [9.17, 15) is 9.59 Å². The maximum atomic E-state index is 12.2. The molecule has 0 aliphatic heterocycles. The Morgan fingerprint density at radius 2 is 1.12 bits per heavy atom. The van der Waals surface area contributed by atoms with Crippen LogP contribution in [0.4, 0.5) is 0 Å². The van der Waals surface area contributed by atoms with E-state index >= 15 is 0 Å². The SMILES string of the molecule is O=C(OCc1ccccc1)[C@@H]1CC[C@@H](C(=O)OCc2ccccc2)C1. The minimum Gasteiger partial charge on any atom is -0.461 e. The van der Waals surface area contributed by atoms with Gasteiger partial charge in [0, 0.05) is 0 Å². The Bertz CT molecular complexity index is 635. The van der Waals surface area contributed by atoms with E-state index in [1.807, 2.05) is 60.7 Å². The van der Waals surface area contributed by atoms with Crippen LogP contribution in [0.15, 0.2) is 60.7 Å². The lowest BCUT2D eigenvalue weighted by molar-refractivity contribution is -0.151. The predicted octanol–water partition coefficient (Wildman–Crippen LogP) is 3.89. The number of rotatable bonds is 6. The molecule has 3 rings (SSSR count). The lowest BCUT2D eigenvalue weighted by Crippen LogP contribution is -2.18. The third kappa shape index (κ3) is 4.92. The fraction of sp³-hybridized carbons (Fsp3) is 0.333. The minimum absolute atomic E-state index is 0.210. The molecule has 25 heavy (non-hydrogen) atoms. The minimum atomic E-state index is -0.220. The van der Waals surface area contributed by atoms with Crippen LogP contribution >= 0.6 is 0 Å². The zero-order valence-electron chi connectivity index (χ0n) is 14.1. The van der Waals surface area contributed by atoms with Crippen molar-refractivity contribution in [2.45, 2.75) is 32.5 Å². The molecule has 2 atom stereocenters. The molecule has 4 nitrogen and oxygen atoms in total. The van der Waals surface area contributed by atoms with E-state index in [2.05, 4.69) is 0 Å². The average Bonchev–Trinajstić information content (AvgIpc) is 3.16. The molecule has 0 unspecified atom stereocenters. The van der Waals surface area contributed by atoms with Crippen molar-refractivity contribution < 1.29 is 19.1 Å². The second-order valence-electron chi connectivity index (χ2n) is 6.39. The summed E-state index contributed by atoms with van der Waals surface area (Å²) in [5.41, 5.74) is 1.93. The first-order valence-electron chi connectivity index (χ1n) is 8.63. The summed E-state index contributed by atoms with van der Waals surface area (Å²) in [4.78, 5) is 24.4. The number of esters is 2. The van der Waals surface area contributed by atoms with E-state index in [0.29, 0.717) is 19.3 Å². The van der Waals surface area contributed by atoms with Crippen molar-refractivity contribution >= 4 is 11.9 Å². The van der Waals surface area contributed by atoms with E-state index in [4.69, 9.17) is 9.47 Å². The van der Waals surface area contributed by atoms with E-state index < -0.39 is 0 Å². The Labute approximate surface area is 147 Å². The molecule has 2 aromatic rings. The largest absolute Gasteiger partial charge is 0.461 e. The molecule has 1 aliphatic rings. The Morgan fingerprint density at radius 3 is 1.52 bits per heavy atom. The molecule has 0 saturated heterocycles. The number of hydrogen-bond acceptors (Lipinski definition) is 4. The molecule has 1 fully saturated rings. The topological polar surface area (TPSA) is 52.6 Å². The van der Waals surface area contributed by atoms with Crippen molar-refractivity contribution in [2.75, 3.05) is 0 Å². The Kier molecular flexibility index (Phi) is 5.83. The highest BCUT2D eigenvalue weighted by atomic mass is 16.5. The van der Waals surface area contributed by atoms with Crippen LogP contribution in [0.25, 0.3) is 0 Å². The van der Waals surface area contributed by atoms with Crippen LogP contribution in [0, 0.1) is 11.8 Å². The van der Waals surface area contributed by atoms with Gasteiger partial charge in [0.25, 0.3) is 0 Å². The van der Waals surface area contributed by atoms with Crippen LogP contribution in [0.5, 0.6) is 0 Å². The first kappa shape index (κ1) is 17.2. The fourth-order valence-electron chi connectivity index (χ4n) is 3.10. The number of carbonyl (C=O) groups is 2. The van der Waals surface area contributed by atoms with E-state index in [0.717, 1.165) is 11.1 Å². The fourth-order valence-corrected chi connectivity index (χ4v) is 3.10. The van der Waals surface area contributed by atoms with Gasteiger partial charge in [-0.3, -0.25) is 9.59 Å². The average molecular weight is 338 g/mol. The number of ether oxygens (including phenoxy) is 2. The van der Waals surface area contributed by atoms with Gasteiger partial charge in [0.15, 0.2) is 0 Å². The van der Waals surface area contributed by atoms with Gasteiger partial charge in [0.1, 0.15) is 13.2 Å². The standard InChI is InChI=1S/C21H22O4/c22-20(24-14-16-7-3-1-4-8-16)18-11-12-19(13-18)21(23)25-15-17-9-5-2-6-10-17/h1-10,18-19H,11-15H2/t18-,19-/m1/s1. The van der Waals surface area contributed by atoms with E-state index in [-0.39, 0.29) is 37.0 Å². The van der Waals surface area contributed by atoms with Gasteiger partial charge in [-0.2, -0.15) is 0 Å². The van der Waals surface area contributed by atoms with Gasteiger partial charge in [-0.05, 0) is 30.4 Å². The summed E-state index contributed by atoms with van der Waals surface area (Å²) in [6.07, 6.45) is 1.87. The van der Waals surface area contributed by atoms with Crippen LogP contribution in [0.3, 0.4) is 0 Å². The molecule has 2 aromatic carbocycles. The van der Waals surface area contributed by atoms with Crippen LogP contribution < -0.4 is 0 Å². The van der Waals surface area contributed by atoms with Gasteiger partial charge in [-0.15, -0.1) is 0 Å². The Hall–Kier alpha value is -2.62. The van der Waals surface area contributed by atoms with Gasteiger partial charge in [0.05, 0.1) is 11.8 Å². The summed E-state index contributed by atoms with van der Waals surface area (Å²) in [7, 11) is 0. The highest BCUT2D eigenvalue weighted by Crippen LogP contribution is 2.33. The van der Waals surface area contributed by atoms with Crippen LogP contribution in [-0.4, -0.2) is 11.9 Å². The maximum absolute atomic E-state index is 12.2. The summed E-state index contributed by atoms with van der Waals surface area (Å²) in [5, 5.41) is 0. The van der Waals surface area contributed by atoms with Crippen molar-refractivity contribution in [1.29, 1.82) is 0 Å². The third-order valence-electron chi connectivity index (χ3n) is 4.55. The van der Waals surface area contributed by atoms with Crippen molar-refractivity contribution in [1.82, 2.24) is 0 Å². The van der Waals surface area contributed by atoms with Crippen molar-refractivity contribution in [3.8, 4) is 0 Å². The molecule has 1 saturated carbocycles. The maximum Gasteiger partial charge on any atom is 0.309 e. The van der Waals surface area contributed by atoms with Crippen LogP contribution in [0.1, 0.15) is 30.4 Å². The normalized spacial score (nSPS) is 19.4. The molecule has 0 bridgehead atoms. The summed E-state index contributed by atoms with van der Waals surface area (Å²) < 4.78 is 10.8. The van der Waals surface area contributed by atoms with Crippen LogP contribution in [0.2, 0.25) is 0 Å². The molecule has 0 N–H and O–H groups in total. The molecular weight excluding hydrogens is 316 g/mol. The molecule has 130 valence electrons. The summed E-state index contributed by atoms with van der Waals surface area (Å²) in [6.45, 7) is 0.554. The number of carbonyl (C=O) groups excluding carboxylic acids is 2. The molecule has 0 spiro atoms. The molecule has 0 aromatic heterocycles. The van der Waals surface area contributed by atoms with Crippen molar-refractivity contribution in [2.24, 2.45) is 11.8 Å². The summed E-state index contributed by atoms with van der Waals surface area (Å²) in [6, 6.07) is 19.2. The quantitative estimate of drug-likeness (QED) is 0.750. The summed E-state index contributed by atoms with van der Waals surface area (Å²) >= 11 is 0. The molecule has 4 heteroatoms. The highest BCUT2D eigenvalue weighted by molar-refractivity contribution is 5.77. The number of benzene rings is 2. The molecular formula is C21H22O4. The lowest BCUT2D eigenvalue weighted by Gasteiger charge is -2.12. The summed E-state index contributed by atoms with van der Waals surface area (Å²) in [5.74, 6) is -0.861. The Balaban J connectivity index is 1.43. The lowest BCUT2D eigenvalue weighted by atomic mass is 10.1. The number of hydrogen-bond donors (Lipinski definition) is 0. The monoisotopic (exact) mass is 338 g/mol. The second-order valence-corrected chi connectivity index (χ2v) is 6.39. The van der Waals surface area contributed by atoms with Gasteiger partial charge < -0.3 is 9.47 Å². The van der Waals surface area contributed by atoms with Crippen LogP contribution in [-0.2, 0) is 32.3 Å². The molecule has 0 heterocycles. The van der Waals surface area contributed by atoms with Gasteiger partial charge in [0.2, 0.25) is 0 Å². The van der Waals surface area contributed by atoms with Crippen molar-refractivity contribution in [3.05, 3.63) is 71.8 Å². The smallest absolute Gasteiger partial charge is 0.309 e.